The van der Waals surface area contributed by atoms with Crippen LogP contribution in [0.2, 0.25) is 0 Å². The second-order valence-corrected chi connectivity index (χ2v) is 4.24. The molecule has 2 rings (SSSR count). The smallest absolute Gasteiger partial charge is 0.170 e. The van der Waals surface area contributed by atoms with Crippen molar-refractivity contribution in [2.45, 2.75) is 32.9 Å². The molecule has 0 unspecified atom stereocenters. The first-order valence-electron chi connectivity index (χ1n) is 6.29. The molecular formula is C13H17N5O. The normalized spacial score (nSPS) is 10.6. The summed E-state index contributed by atoms with van der Waals surface area (Å²) in [4.78, 5) is 20.4. The molecule has 0 aliphatic rings. The summed E-state index contributed by atoms with van der Waals surface area (Å²) in [5.74, 6) is 0.695. The SMILES string of the molecule is CCCn1ncnc1CC(=O)c1ccnc(CN)c1. The van der Waals surface area contributed by atoms with E-state index in [-0.39, 0.29) is 12.2 Å². The molecule has 6 nitrogen and oxygen atoms in total. The first-order chi connectivity index (χ1) is 9.24. The predicted molar refractivity (Wildman–Crippen MR) is 70.5 cm³/mol. The quantitative estimate of drug-likeness (QED) is 0.781. The first-order valence-corrected chi connectivity index (χ1v) is 6.29. The number of carbonyl (C=O) groups excluding carboxylic acids is 1. The zero-order valence-corrected chi connectivity index (χ0v) is 10.9. The van der Waals surface area contributed by atoms with Crippen molar-refractivity contribution in [2.75, 3.05) is 0 Å². The molecule has 0 amide bonds. The van der Waals surface area contributed by atoms with E-state index in [9.17, 15) is 4.79 Å². The van der Waals surface area contributed by atoms with Crippen LogP contribution in [0.15, 0.2) is 24.7 Å². The number of nitrogens with two attached hydrogens (primary N) is 1. The van der Waals surface area contributed by atoms with Crippen LogP contribution in [0.1, 0.15) is 35.2 Å². The van der Waals surface area contributed by atoms with E-state index in [1.54, 1.807) is 23.0 Å². The molecule has 2 N–H and O–H groups in total. The molecule has 19 heavy (non-hydrogen) atoms. The second-order valence-electron chi connectivity index (χ2n) is 4.24. The van der Waals surface area contributed by atoms with Crippen molar-refractivity contribution in [1.29, 1.82) is 0 Å². The van der Waals surface area contributed by atoms with Gasteiger partial charge in [-0.25, -0.2) is 9.67 Å². The number of pyridine rings is 1. The van der Waals surface area contributed by atoms with E-state index >= 15 is 0 Å². The van der Waals surface area contributed by atoms with E-state index < -0.39 is 0 Å². The maximum absolute atomic E-state index is 12.2. The van der Waals surface area contributed by atoms with Gasteiger partial charge in [0.05, 0.1) is 12.1 Å². The summed E-state index contributed by atoms with van der Waals surface area (Å²) < 4.78 is 1.77. The third-order valence-corrected chi connectivity index (χ3v) is 2.80. The number of carbonyl (C=O) groups is 1. The van der Waals surface area contributed by atoms with Crippen LogP contribution < -0.4 is 5.73 Å². The molecule has 0 fully saturated rings. The molecule has 0 aliphatic heterocycles. The Kier molecular flexibility index (Phi) is 4.35. The van der Waals surface area contributed by atoms with Crippen molar-refractivity contribution >= 4 is 5.78 Å². The highest BCUT2D eigenvalue weighted by atomic mass is 16.1. The molecule has 0 radical (unpaired) electrons. The van der Waals surface area contributed by atoms with Gasteiger partial charge in [-0.15, -0.1) is 0 Å². The fourth-order valence-corrected chi connectivity index (χ4v) is 1.83. The van der Waals surface area contributed by atoms with Crippen molar-refractivity contribution in [3.8, 4) is 0 Å². The summed E-state index contributed by atoms with van der Waals surface area (Å²) in [6, 6.07) is 3.42. The fourth-order valence-electron chi connectivity index (χ4n) is 1.83. The number of Topliss-reactive ketones (excluding diaryl/α,β-unsaturated/α-hetero) is 1. The maximum atomic E-state index is 12.2. The van der Waals surface area contributed by atoms with E-state index in [1.165, 1.54) is 6.33 Å². The Balaban J connectivity index is 2.13. The van der Waals surface area contributed by atoms with Crippen molar-refractivity contribution in [3.63, 3.8) is 0 Å². The average molecular weight is 259 g/mol. The number of ketones is 1. The summed E-state index contributed by atoms with van der Waals surface area (Å²) in [6.07, 6.45) is 4.29. The van der Waals surface area contributed by atoms with Crippen LogP contribution >= 0.6 is 0 Å². The molecule has 100 valence electrons. The Bertz CT molecular complexity index is 564. The Morgan fingerprint density at radius 1 is 1.42 bits per heavy atom. The lowest BCUT2D eigenvalue weighted by Gasteiger charge is -2.05. The molecule has 2 heterocycles. The lowest BCUT2D eigenvalue weighted by Crippen LogP contribution is -2.12. The van der Waals surface area contributed by atoms with E-state index in [1.807, 2.05) is 0 Å². The molecule has 0 saturated carbocycles. The second kappa shape index (κ2) is 6.19. The lowest BCUT2D eigenvalue weighted by atomic mass is 10.1. The van der Waals surface area contributed by atoms with Gasteiger partial charge in [-0.05, 0) is 18.6 Å². The van der Waals surface area contributed by atoms with Crippen LogP contribution in [0.4, 0.5) is 0 Å². The Labute approximate surface area is 111 Å². The Morgan fingerprint density at radius 3 is 3.00 bits per heavy atom. The van der Waals surface area contributed by atoms with Crippen LogP contribution in [-0.2, 0) is 19.5 Å². The monoisotopic (exact) mass is 259 g/mol. The minimum absolute atomic E-state index is 0.00227. The van der Waals surface area contributed by atoms with Gasteiger partial charge in [0, 0.05) is 24.8 Å². The summed E-state index contributed by atoms with van der Waals surface area (Å²) in [5.41, 5.74) is 6.84. The lowest BCUT2D eigenvalue weighted by molar-refractivity contribution is 0.0989. The van der Waals surface area contributed by atoms with Gasteiger partial charge < -0.3 is 5.73 Å². The minimum atomic E-state index is 0.00227. The number of rotatable bonds is 6. The fraction of sp³-hybridized carbons (Fsp3) is 0.385. The van der Waals surface area contributed by atoms with Crippen LogP contribution in [0.25, 0.3) is 0 Å². The summed E-state index contributed by atoms with van der Waals surface area (Å²) in [6.45, 7) is 3.16. The molecular weight excluding hydrogens is 242 g/mol. The zero-order valence-electron chi connectivity index (χ0n) is 10.9. The molecule has 6 heteroatoms. The van der Waals surface area contributed by atoms with Crippen LogP contribution in [-0.4, -0.2) is 25.5 Å². The van der Waals surface area contributed by atoms with Gasteiger partial charge in [-0.1, -0.05) is 6.92 Å². The van der Waals surface area contributed by atoms with Gasteiger partial charge in [-0.3, -0.25) is 9.78 Å². The summed E-state index contributed by atoms with van der Waals surface area (Å²) >= 11 is 0. The average Bonchev–Trinajstić information content (AvgIpc) is 2.86. The molecule has 2 aromatic rings. The van der Waals surface area contributed by atoms with Gasteiger partial charge in [0.15, 0.2) is 5.78 Å². The minimum Gasteiger partial charge on any atom is -0.325 e. The van der Waals surface area contributed by atoms with Crippen molar-refractivity contribution in [3.05, 3.63) is 41.7 Å². The number of hydrogen-bond acceptors (Lipinski definition) is 5. The van der Waals surface area contributed by atoms with E-state index in [0.29, 0.717) is 23.6 Å². The highest BCUT2D eigenvalue weighted by Gasteiger charge is 2.12. The third kappa shape index (κ3) is 3.23. The molecule has 0 aliphatic carbocycles. The maximum Gasteiger partial charge on any atom is 0.170 e. The Hall–Kier alpha value is -2.08. The molecule has 0 saturated heterocycles. The van der Waals surface area contributed by atoms with Crippen LogP contribution in [0.3, 0.4) is 0 Å². The highest BCUT2D eigenvalue weighted by Crippen LogP contribution is 2.07. The van der Waals surface area contributed by atoms with Gasteiger partial charge in [0.2, 0.25) is 0 Å². The van der Waals surface area contributed by atoms with E-state index in [0.717, 1.165) is 13.0 Å². The van der Waals surface area contributed by atoms with Crippen molar-refractivity contribution in [2.24, 2.45) is 5.73 Å². The number of nitrogens with zero attached hydrogens (tertiary/aromatic N) is 4. The molecule has 0 atom stereocenters. The topological polar surface area (TPSA) is 86.7 Å². The number of aryl methyl sites for hydroxylation is 1. The summed E-state index contributed by atoms with van der Waals surface area (Å²) in [7, 11) is 0. The Morgan fingerprint density at radius 2 is 2.26 bits per heavy atom. The third-order valence-electron chi connectivity index (χ3n) is 2.80. The number of aromatic nitrogens is 4. The van der Waals surface area contributed by atoms with Crippen molar-refractivity contribution in [1.82, 2.24) is 19.7 Å². The standard InChI is InChI=1S/C13H17N5O/c1-2-5-18-13(16-9-17-18)7-12(19)10-3-4-15-11(6-10)8-14/h3-4,6,9H,2,5,7-8,14H2,1H3. The predicted octanol–water partition coefficient (Wildman–Crippen LogP) is 0.967. The van der Waals surface area contributed by atoms with E-state index in [2.05, 4.69) is 22.0 Å². The van der Waals surface area contributed by atoms with Crippen molar-refractivity contribution < 1.29 is 4.79 Å². The van der Waals surface area contributed by atoms with Crippen LogP contribution in [0, 0.1) is 0 Å². The largest absolute Gasteiger partial charge is 0.325 e. The summed E-state index contributed by atoms with van der Waals surface area (Å²) in [5, 5.41) is 4.11. The van der Waals surface area contributed by atoms with Gasteiger partial charge in [0.1, 0.15) is 12.2 Å². The number of hydrogen-bond donors (Lipinski definition) is 1. The zero-order chi connectivity index (χ0) is 13.7. The molecule has 2 aromatic heterocycles. The van der Waals surface area contributed by atoms with E-state index in [4.69, 9.17) is 5.73 Å². The van der Waals surface area contributed by atoms with Gasteiger partial charge in [0.25, 0.3) is 0 Å². The molecule has 0 bridgehead atoms. The first kappa shape index (κ1) is 13.4. The molecule has 0 spiro atoms. The highest BCUT2D eigenvalue weighted by molar-refractivity contribution is 5.97. The van der Waals surface area contributed by atoms with Gasteiger partial charge in [-0.2, -0.15) is 5.10 Å². The van der Waals surface area contributed by atoms with Crippen LogP contribution in [0.5, 0.6) is 0 Å². The molecule has 0 aromatic carbocycles. The van der Waals surface area contributed by atoms with Gasteiger partial charge >= 0.3 is 0 Å².